The predicted octanol–water partition coefficient (Wildman–Crippen LogP) is 4.20. The lowest BCUT2D eigenvalue weighted by Crippen LogP contribution is -2.41. The van der Waals surface area contributed by atoms with Crippen molar-refractivity contribution in [3.8, 4) is 0 Å². The van der Waals surface area contributed by atoms with Gasteiger partial charge in [0.05, 0.1) is 0 Å². The Morgan fingerprint density at radius 1 is 0.840 bits per heavy atom. The maximum absolute atomic E-state index is 12.6. The maximum Gasteiger partial charge on any atom is 0.256 e. The molecule has 0 N–H and O–H groups in total. The van der Waals surface area contributed by atoms with Crippen molar-refractivity contribution >= 4 is 28.8 Å². The number of thiocarbonyl (C=S) groups is 1. The van der Waals surface area contributed by atoms with Gasteiger partial charge in [0.1, 0.15) is 0 Å². The second-order valence-corrected chi connectivity index (χ2v) is 7.43. The summed E-state index contributed by atoms with van der Waals surface area (Å²) in [5.41, 5.74) is 1.33. The number of carbonyl (C=O) groups excluding carboxylic acids is 2. The van der Waals surface area contributed by atoms with Crippen molar-refractivity contribution in [2.45, 2.75) is 33.9 Å². The smallest absolute Gasteiger partial charge is 0.256 e. The van der Waals surface area contributed by atoms with Crippen molar-refractivity contribution in [3.05, 3.63) is 71.8 Å². The Bertz CT molecular complexity index is 707. The fourth-order valence-corrected chi connectivity index (χ4v) is 2.61. The molecule has 2 aromatic carbocycles. The van der Waals surface area contributed by atoms with E-state index >= 15 is 0 Å². The third kappa shape index (κ3) is 5.33. The number of benzene rings is 2. The fraction of sp³-hybridized carbons (Fsp3) is 0.286. The second kappa shape index (κ2) is 8.17. The van der Waals surface area contributed by atoms with Crippen LogP contribution in [0.25, 0.3) is 0 Å². The van der Waals surface area contributed by atoms with Crippen LogP contribution in [-0.4, -0.2) is 21.5 Å². The van der Waals surface area contributed by atoms with Crippen molar-refractivity contribution in [1.29, 1.82) is 0 Å². The molecule has 0 spiro atoms. The first-order chi connectivity index (χ1) is 11.8. The molecule has 2 aromatic rings. The van der Waals surface area contributed by atoms with Crippen LogP contribution in [0.4, 0.5) is 0 Å². The van der Waals surface area contributed by atoms with E-state index in [1.54, 1.807) is 25.7 Å². The van der Waals surface area contributed by atoms with Crippen LogP contribution in [-0.2, 0) is 22.7 Å². The summed E-state index contributed by atoms with van der Waals surface area (Å²) in [5.74, 6) is -1.04. The minimum atomic E-state index is -0.744. The Labute approximate surface area is 154 Å². The highest BCUT2D eigenvalue weighted by molar-refractivity contribution is 7.82. The number of Topliss-reactive ketones (excluding diaryl/α,β-unsaturated/α-hetero) is 2. The van der Waals surface area contributed by atoms with Gasteiger partial charge >= 0.3 is 0 Å². The first-order valence-electron chi connectivity index (χ1n) is 8.25. The molecular formula is C21H23NO2S. The Balaban J connectivity index is 2.25. The summed E-state index contributed by atoms with van der Waals surface area (Å²) in [6.07, 6.45) is 0. The molecule has 0 amide bonds. The van der Waals surface area contributed by atoms with Gasteiger partial charge in [-0.1, -0.05) is 93.7 Å². The normalized spacial score (nSPS) is 11.0. The van der Waals surface area contributed by atoms with E-state index < -0.39 is 17.0 Å². The van der Waals surface area contributed by atoms with E-state index in [0.29, 0.717) is 13.1 Å². The van der Waals surface area contributed by atoms with Gasteiger partial charge in [-0.2, -0.15) is 0 Å². The Kier molecular flexibility index (Phi) is 6.21. The molecule has 0 aliphatic carbocycles. The lowest BCUT2D eigenvalue weighted by molar-refractivity contribution is -0.138. The van der Waals surface area contributed by atoms with Crippen molar-refractivity contribution < 1.29 is 9.59 Å². The Hall–Kier alpha value is -2.33. The molecule has 0 saturated heterocycles. The number of rotatable bonds is 6. The van der Waals surface area contributed by atoms with Gasteiger partial charge in [-0.3, -0.25) is 9.59 Å². The molecule has 3 nitrogen and oxygen atoms in total. The first-order valence-corrected chi connectivity index (χ1v) is 8.66. The highest BCUT2D eigenvalue weighted by Gasteiger charge is 2.32. The van der Waals surface area contributed by atoms with Crippen LogP contribution in [0.5, 0.6) is 0 Å². The van der Waals surface area contributed by atoms with Crippen LogP contribution < -0.4 is 0 Å². The summed E-state index contributed by atoms with van der Waals surface area (Å²) in [7, 11) is 0. The molecular weight excluding hydrogens is 330 g/mol. The molecule has 2 rings (SSSR count). The molecule has 0 bridgehead atoms. The second-order valence-electron chi connectivity index (χ2n) is 7.04. The van der Waals surface area contributed by atoms with Gasteiger partial charge in [-0.05, 0) is 11.1 Å². The predicted molar refractivity (Wildman–Crippen MR) is 104 cm³/mol. The number of ketones is 2. The van der Waals surface area contributed by atoms with Crippen LogP contribution in [0.1, 0.15) is 31.9 Å². The number of carbonyl (C=O) groups is 2. The summed E-state index contributed by atoms with van der Waals surface area (Å²) in [4.78, 5) is 26.8. The number of hydrogen-bond donors (Lipinski definition) is 0. The number of hydrogen-bond acceptors (Lipinski definition) is 3. The van der Waals surface area contributed by atoms with Crippen LogP contribution in [0.15, 0.2) is 60.7 Å². The summed E-state index contributed by atoms with van der Waals surface area (Å²) >= 11 is 5.40. The third-order valence-corrected chi connectivity index (χ3v) is 4.24. The van der Waals surface area contributed by atoms with Gasteiger partial charge in [-0.15, -0.1) is 0 Å². The van der Waals surface area contributed by atoms with E-state index in [1.807, 2.05) is 60.7 Å². The average Bonchev–Trinajstić information content (AvgIpc) is 2.60. The molecule has 0 radical (unpaired) electrons. The minimum absolute atomic E-state index is 0.0765. The van der Waals surface area contributed by atoms with E-state index in [-0.39, 0.29) is 4.99 Å². The van der Waals surface area contributed by atoms with Gasteiger partial charge in [0, 0.05) is 18.5 Å². The van der Waals surface area contributed by atoms with E-state index in [9.17, 15) is 9.59 Å². The van der Waals surface area contributed by atoms with Gasteiger partial charge in [0.25, 0.3) is 5.78 Å². The zero-order valence-corrected chi connectivity index (χ0v) is 15.7. The summed E-state index contributed by atoms with van der Waals surface area (Å²) < 4.78 is 0. The summed E-state index contributed by atoms with van der Waals surface area (Å²) in [5, 5.41) is 0. The lowest BCUT2D eigenvalue weighted by Gasteiger charge is -2.26. The van der Waals surface area contributed by atoms with Gasteiger partial charge in [-0.25, -0.2) is 0 Å². The Morgan fingerprint density at radius 2 is 1.24 bits per heavy atom. The molecule has 130 valence electrons. The lowest BCUT2D eigenvalue weighted by atomic mass is 9.88. The quantitative estimate of drug-likeness (QED) is 0.576. The largest absolute Gasteiger partial charge is 0.351 e. The van der Waals surface area contributed by atoms with Crippen molar-refractivity contribution in [1.82, 2.24) is 4.90 Å². The molecule has 0 aromatic heterocycles. The van der Waals surface area contributed by atoms with Crippen LogP contribution in [0, 0.1) is 5.41 Å². The highest BCUT2D eigenvalue weighted by Crippen LogP contribution is 2.18. The summed E-state index contributed by atoms with van der Waals surface area (Å²) in [6, 6.07) is 19.6. The van der Waals surface area contributed by atoms with E-state index in [1.165, 1.54) is 0 Å². The van der Waals surface area contributed by atoms with Crippen LogP contribution >= 0.6 is 12.2 Å². The molecule has 0 aliphatic rings. The van der Waals surface area contributed by atoms with E-state index in [0.717, 1.165) is 11.1 Å². The standard InChI is InChI=1S/C21H23NO2S/c1-21(2,3)19(24)18(23)20(25)22(14-16-10-6-4-7-11-16)15-17-12-8-5-9-13-17/h4-13H,14-15H2,1-3H3. The molecule has 4 heteroatoms. The molecule has 0 atom stereocenters. The maximum atomic E-state index is 12.6. The molecule has 0 unspecified atom stereocenters. The number of nitrogens with zero attached hydrogens (tertiary/aromatic N) is 1. The molecule has 0 aliphatic heterocycles. The first kappa shape index (κ1) is 19.0. The van der Waals surface area contributed by atoms with Crippen molar-refractivity contribution in [2.24, 2.45) is 5.41 Å². The van der Waals surface area contributed by atoms with Gasteiger partial charge in [0.15, 0.2) is 4.99 Å². The fourth-order valence-electron chi connectivity index (χ4n) is 2.39. The third-order valence-electron chi connectivity index (χ3n) is 3.80. The Morgan fingerprint density at radius 3 is 1.60 bits per heavy atom. The minimum Gasteiger partial charge on any atom is -0.351 e. The zero-order chi connectivity index (χ0) is 18.4. The molecule has 0 saturated carbocycles. The van der Waals surface area contributed by atoms with Gasteiger partial charge < -0.3 is 4.90 Å². The topological polar surface area (TPSA) is 37.4 Å². The van der Waals surface area contributed by atoms with E-state index in [4.69, 9.17) is 12.2 Å². The van der Waals surface area contributed by atoms with Crippen molar-refractivity contribution in [3.63, 3.8) is 0 Å². The zero-order valence-electron chi connectivity index (χ0n) is 14.9. The molecule has 0 fully saturated rings. The van der Waals surface area contributed by atoms with E-state index in [2.05, 4.69) is 0 Å². The van der Waals surface area contributed by atoms with Crippen LogP contribution in [0.2, 0.25) is 0 Å². The molecule has 25 heavy (non-hydrogen) atoms. The monoisotopic (exact) mass is 353 g/mol. The summed E-state index contributed by atoms with van der Waals surface area (Å²) in [6.45, 7) is 6.16. The highest BCUT2D eigenvalue weighted by atomic mass is 32.1. The average molecular weight is 353 g/mol. The van der Waals surface area contributed by atoms with Crippen LogP contribution in [0.3, 0.4) is 0 Å². The van der Waals surface area contributed by atoms with Gasteiger partial charge in [0.2, 0.25) is 5.78 Å². The SMILES string of the molecule is CC(C)(C)C(=O)C(=O)C(=S)N(Cc1ccccc1)Cc1ccccc1. The van der Waals surface area contributed by atoms with Crippen molar-refractivity contribution in [2.75, 3.05) is 0 Å². The molecule has 0 heterocycles.